The van der Waals surface area contributed by atoms with E-state index in [0.29, 0.717) is 12.8 Å². The van der Waals surface area contributed by atoms with Crippen LogP contribution in [0.15, 0.2) is 47.3 Å². The number of rotatable bonds is 8. The van der Waals surface area contributed by atoms with Crippen LogP contribution in [-0.2, 0) is 17.6 Å². The van der Waals surface area contributed by atoms with Crippen molar-refractivity contribution in [2.24, 2.45) is 0 Å². The molecule has 0 saturated carbocycles. The number of carboxylic acid groups (broad SMARTS) is 1. The third kappa shape index (κ3) is 6.03. The highest BCUT2D eigenvalue weighted by Crippen LogP contribution is 2.41. The van der Waals surface area contributed by atoms with Gasteiger partial charge in [0, 0.05) is 29.3 Å². The van der Waals surface area contributed by atoms with Crippen LogP contribution in [0.1, 0.15) is 61.5 Å². The van der Waals surface area contributed by atoms with Gasteiger partial charge in [-0.05, 0) is 60.1 Å². The number of aliphatic hydroxyl groups is 2. The molecule has 0 amide bonds. The number of nitrogens with one attached hydrogen (secondary N) is 1. The molecular formula is C29H31FN2O5. The van der Waals surface area contributed by atoms with E-state index < -0.39 is 24.6 Å². The lowest BCUT2D eigenvalue weighted by molar-refractivity contribution is -0.139. The van der Waals surface area contributed by atoms with E-state index in [1.807, 2.05) is 13.8 Å². The summed E-state index contributed by atoms with van der Waals surface area (Å²) in [6.45, 7) is 4.02. The maximum Gasteiger partial charge on any atom is 0.305 e. The van der Waals surface area contributed by atoms with E-state index in [1.54, 1.807) is 24.3 Å². The summed E-state index contributed by atoms with van der Waals surface area (Å²) < 4.78 is 13.9. The number of carboxylic acids is 1. The number of aromatic amines is 1. The van der Waals surface area contributed by atoms with Crippen molar-refractivity contribution < 1.29 is 24.5 Å². The van der Waals surface area contributed by atoms with E-state index in [4.69, 9.17) is 10.1 Å². The first-order valence-electron chi connectivity index (χ1n) is 12.5. The molecule has 0 unspecified atom stereocenters. The lowest BCUT2D eigenvalue weighted by Gasteiger charge is -2.22. The molecule has 0 spiro atoms. The minimum Gasteiger partial charge on any atom is -0.481 e. The Bertz CT molecular complexity index is 1380. The smallest absolute Gasteiger partial charge is 0.305 e. The summed E-state index contributed by atoms with van der Waals surface area (Å²) in [6, 6.07) is 9.55. The molecule has 8 heteroatoms. The van der Waals surface area contributed by atoms with E-state index in [1.165, 1.54) is 24.3 Å². The van der Waals surface area contributed by atoms with Crippen molar-refractivity contribution in [3.8, 4) is 22.4 Å². The van der Waals surface area contributed by atoms with Crippen molar-refractivity contribution >= 4 is 12.0 Å². The number of pyridine rings is 2. The van der Waals surface area contributed by atoms with Crippen molar-refractivity contribution in [2.75, 3.05) is 0 Å². The second-order valence-electron chi connectivity index (χ2n) is 9.76. The first-order chi connectivity index (χ1) is 17.6. The van der Waals surface area contributed by atoms with Crippen LogP contribution in [0, 0.1) is 5.82 Å². The summed E-state index contributed by atoms with van der Waals surface area (Å²) in [6.07, 6.45) is 2.63. The first kappa shape index (κ1) is 26.4. The Balaban J connectivity index is 1.92. The van der Waals surface area contributed by atoms with Gasteiger partial charge in [-0.1, -0.05) is 38.1 Å². The Morgan fingerprint density at radius 2 is 1.86 bits per heavy atom. The highest BCUT2D eigenvalue weighted by Gasteiger charge is 2.25. The maximum absolute atomic E-state index is 13.9. The number of nitrogens with zero attached hydrogens (tertiary/aromatic N) is 1. The number of halogens is 1. The third-order valence-corrected chi connectivity index (χ3v) is 6.56. The van der Waals surface area contributed by atoms with Crippen LogP contribution in [0.3, 0.4) is 0 Å². The Hall–Kier alpha value is -3.62. The minimum absolute atomic E-state index is 0.00615. The molecule has 4 rings (SSSR count). The molecule has 0 fully saturated rings. The van der Waals surface area contributed by atoms with E-state index in [9.17, 15) is 24.2 Å². The van der Waals surface area contributed by atoms with Crippen molar-refractivity contribution in [1.29, 1.82) is 0 Å². The maximum atomic E-state index is 13.9. The molecule has 1 aliphatic carbocycles. The number of aryl methyl sites for hydroxylation is 1. The zero-order valence-corrected chi connectivity index (χ0v) is 20.9. The summed E-state index contributed by atoms with van der Waals surface area (Å²) in [5, 5.41) is 29.4. The van der Waals surface area contributed by atoms with E-state index in [2.05, 4.69) is 4.98 Å². The molecular weight excluding hydrogens is 475 g/mol. The summed E-state index contributed by atoms with van der Waals surface area (Å²) in [5.74, 6) is -1.50. The van der Waals surface area contributed by atoms with Crippen LogP contribution in [0.5, 0.6) is 0 Å². The molecule has 0 radical (unpaired) electrons. The number of H-pyrrole nitrogens is 1. The average molecular weight is 507 g/mol. The minimum atomic E-state index is -1.18. The quantitative estimate of drug-likeness (QED) is 0.358. The predicted octanol–water partition coefficient (Wildman–Crippen LogP) is 4.45. The van der Waals surface area contributed by atoms with Crippen LogP contribution in [-0.4, -0.2) is 43.5 Å². The van der Waals surface area contributed by atoms with Crippen LogP contribution in [0.2, 0.25) is 0 Å². The lowest BCUT2D eigenvalue weighted by Crippen LogP contribution is -2.19. The SMILES string of the molecule is CC(C)c1nc2c(c(-c3ccc(F)cc3)c1C=C[C@@H](O)C[C@@H](O)CC(=O)O)CCCc1[nH]c(=O)ccc1-2. The molecule has 37 heavy (non-hydrogen) atoms. The van der Waals surface area contributed by atoms with Crippen LogP contribution in [0.4, 0.5) is 4.39 Å². The van der Waals surface area contributed by atoms with Gasteiger partial charge in [-0.3, -0.25) is 14.6 Å². The Kier molecular flexibility index (Phi) is 8.00. The Morgan fingerprint density at radius 1 is 1.14 bits per heavy atom. The van der Waals surface area contributed by atoms with Gasteiger partial charge in [-0.25, -0.2) is 4.39 Å². The molecule has 2 heterocycles. The number of aliphatic hydroxyl groups excluding tert-OH is 2. The zero-order valence-electron chi connectivity index (χ0n) is 20.9. The largest absolute Gasteiger partial charge is 0.481 e. The number of benzene rings is 1. The highest BCUT2D eigenvalue weighted by molar-refractivity contribution is 5.85. The molecule has 0 bridgehead atoms. The Morgan fingerprint density at radius 3 is 2.54 bits per heavy atom. The summed E-state index contributed by atoms with van der Waals surface area (Å²) in [5.41, 5.74) is 6.52. The summed E-state index contributed by atoms with van der Waals surface area (Å²) in [4.78, 5) is 30.9. The van der Waals surface area contributed by atoms with Gasteiger partial charge in [-0.2, -0.15) is 0 Å². The fourth-order valence-electron chi connectivity index (χ4n) is 4.91. The molecule has 7 nitrogen and oxygen atoms in total. The second kappa shape index (κ2) is 11.2. The number of fused-ring (bicyclic) bond motifs is 3. The van der Waals surface area contributed by atoms with E-state index in [0.717, 1.165) is 51.3 Å². The first-order valence-corrected chi connectivity index (χ1v) is 12.5. The molecule has 2 aromatic heterocycles. The molecule has 0 saturated heterocycles. The van der Waals surface area contributed by atoms with Crippen molar-refractivity contribution in [3.63, 3.8) is 0 Å². The molecule has 0 aliphatic heterocycles. The standard InChI is InChI=1S/C29H31FN2O5/c1-16(2)28-23(11-10-19(33)14-20(34)15-26(36)37)27(17-6-8-18(30)9-7-17)22-4-3-5-24-21(29(22)32-28)12-13-25(35)31-24/h6-13,16,19-20,33-34H,3-5,14-15H2,1-2H3,(H,31,35)(H,36,37)/t19-,20-/m1/s1. The summed E-state index contributed by atoms with van der Waals surface area (Å²) >= 11 is 0. The fourth-order valence-corrected chi connectivity index (χ4v) is 4.91. The molecule has 2 atom stereocenters. The van der Waals surface area contributed by atoms with Gasteiger partial charge in [0.1, 0.15) is 5.82 Å². The lowest BCUT2D eigenvalue weighted by atomic mass is 9.86. The van der Waals surface area contributed by atoms with Crippen LogP contribution < -0.4 is 5.56 Å². The van der Waals surface area contributed by atoms with Gasteiger partial charge in [0.15, 0.2) is 0 Å². The number of aromatic nitrogens is 2. The third-order valence-electron chi connectivity index (χ3n) is 6.56. The predicted molar refractivity (Wildman–Crippen MR) is 140 cm³/mol. The molecule has 1 aliphatic rings. The zero-order chi connectivity index (χ0) is 26.7. The van der Waals surface area contributed by atoms with Gasteiger partial charge in [0.05, 0.1) is 30.0 Å². The van der Waals surface area contributed by atoms with Crippen LogP contribution >= 0.6 is 0 Å². The van der Waals surface area contributed by atoms with Crippen LogP contribution in [0.25, 0.3) is 28.5 Å². The highest BCUT2D eigenvalue weighted by atomic mass is 19.1. The van der Waals surface area contributed by atoms with Gasteiger partial charge < -0.3 is 20.3 Å². The molecule has 4 N–H and O–H groups in total. The van der Waals surface area contributed by atoms with Crippen molar-refractivity contribution in [1.82, 2.24) is 9.97 Å². The van der Waals surface area contributed by atoms with Gasteiger partial charge in [-0.15, -0.1) is 0 Å². The fraction of sp³-hybridized carbons (Fsp3) is 0.345. The monoisotopic (exact) mass is 506 g/mol. The number of carbonyl (C=O) groups is 1. The van der Waals surface area contributed by atoms with Gasteiger partial charge in [0.2, 0.25) is 5.56 Å². The van der Waals surface area contributed by atoms with Crippen molar-refractivity contribution in [2.45, 2.75) is 64.1 Å². The second-order valence-corrected chi connectivity index (χ2v) is 9.76. The number of hydrogen-bond donors (Lipinski definition) is 4. The average Bonchev–Trinajstić information content (AvgIpc) is 3.00. The molecule has 194 valence electrons. The number of hydrogen-bond acceptors (Lipinski definition) is 5. The molecule has 3 aromatic rings. The van der Waals surface area contributed by atoms with Crippen molar-refractivity contribution in [3.05, 3.63) is 81.2 Å². The van der Waals surface area contributed by atoms with E-state index >= 15 is 0 Å². The van der Waals surface area contributed by atoms with E-state index in [-0.39, 0.29) is 23.7 Å². The summed E-state index contributed by atoms with van der Waals surface area (Å²) in [7, 11) is 0. The topological polar surface area (TPSA) is 124 Å². The Labute approximate surface area is 214 Å². The number of aliphatic carboxylic acids is 1. The van der Waals surface area contributed by atoms with Gasteiger partial charge >= 0.3 is 5.97 Å². The normalized spacial score (nSPS) is 14.8. The van der Waals surface area contributed by atoms with Gasteiger partial charge in [0.25, 0.3) is 0 Å². The molecule has 1 aromatic carbocycles.